The van der Waals surface area contributed by atoms with Crippen molar-refractivity contribution in [1.82, 2.24) is 5.32 Å². The molecule has 0 heterocycles. The molecule has 2 unspecified atom stereocenters. The van der Waals surface area contributed by atoms with Gasteiger partial charge >= 0.3 is 0 Å². The number of hydrogen-bond acceptors (Lipinski definition) is 1. The van der Waals surface area contributed by atoms with Crippen LogP contribution < -0.4 is 5.32 Å². The lowest BCUT2D eigenvalue weighted by atomic mass is 9.91. The summed E-state index contributed by atoms with van der Waals surface area (Å²) in [6, 6.07) is 0. The maximum Gasteiger partial charge on any atom is -0.00233 e. The Labute approximate surface area is 90.7 Å². The van der Waals surface area contributed by atoms with Crippen LogP contribution in [0.3, 0.4) is 0 Å². The summed E-state index contributed by atoms with van der Waals surface area (Å²) < 4.78 is 0. The second kappa shape index (κ2) is 9.51. The lowest BCUT2D eigenvalue weighted by molar-refractivity contribution is 0.370. The van der Waals surface area contributed by atoms with Crippen molar-refractivity contribution in [3.63, 3.8) is 0 Å². The van der Waals surface area contributed by atoms with Crippen LogP contribution in [0.4, 0.5) is 0 Å². The van der Waals surface area contributed by atoms with Crippen molar-refractivity contribution in [2.45, 2.75) is 59.8 Å². The Hall–Kier alpha value is -0.0400. The van der Waals surface area contributed by atoms with Crippen molar-refractivity contribution >= 4 is 0 Å². The van der Waals surface area contributed by atoms with Crippen LogP contribution in [0.5, 0.6) is 0 Å². The van der Waals surface area contributed by atoms with Gasteiger partial charge in [-0.3, -0.25) is 0 Å². The summed E-state index contributed by atoms with van der Waals surface area (Å²) in [5.74, 6) is 1.82. The summed E-state index contributed by atoms with van der Waals surface area (Å²) in [5, 5.41) is 3.42. The Bertz CT molecular complexity index is 112. The van der Waals surface area contributed by atoms with Crippen LogP contribution in [0.15, 0.2) is 0 Å². The van der Waals surface area contributed by atoms with E-state index in [4.69, 9.17) is 0 Å². The van der Waals surface area contributed by atoms with Crippen LogP contribution in [0.2, 0.25) is 0 Å². The van der Waals surface area contributed by atoms with Gasteiger partial charge in [-0.15, -0.1) is 0 Å². The summed E-state index contributed by atoms with van der Waals surface area (Å²) in [6.45, 7) is 11.5. The summed E-state index contributed by atoms with van der Waals surface area (Å²) in [6.07, 6.45) is 6.95. The highest BCUT2D eigenvalue weighted by Crippen LogP contribution is 2.19. The third-order valence-electron chi connectivity index (χ3n) is 3.08. The van der Waals surface area contributed by atoms with Crippen molar-refractivity contribution in [3.05, 3.63) is 0 Å². The standard InChI is InChI=1S/C13H29N/c1-5-8-13(6-2)10-9-12(4)11-14-7-3/h12-14H,5-11H2,1-4H3. The lowest BCUT2D eigenvalue weighted by Gasteiger charge is -2.17. The van der Waals surface area contributed by atoms with E-state index in [0.717, 1.165) is 18.4 Å². The molecule has 0 radical (unpaired) electrons. The van der Waals surface area contributed by atoms with Crippen molar-refractivity contribution in [1.29, 1.82) is 0 Å². The minimum absolute atomic E-state index is 0.848. The fraction of sp³-hybridized carbons (Fsp3) is 1.00. The smallest absolute Gasteiger partial charge is 0.00233 e. The zero-order valence-corrected chi connectivity index (χ0v) is 10.6. The van der Waals surface area contributed by atoms with E-state index in [-0.39, 0.29) is 0 Å². The minimum atomic E-state index is 0.848. The van der Waals surface area contributed by atoms with Gasteiger partial charge in [0, 0.05) is 0 Å². The van der Waals surface area contributed by atoms with Crippen LogP contribution in [-0.2, 0) is 0 Å². The molecule has 0 aliphatic rings. The van der Waals surface area contributed by atoms with E-state index in [9.17, 15) is 0 Å². The summed E-state index contributed by atoms with van der Waals surface area (Å²) >= 11 is 0. The van der Waals surface area contributed by atoms with Crippen molar-refractivity contribution in [2.24, 2.45) is 11.8 Å². The first-order chi connectivity index (χ1) is 6.74. The van der Waals surface area contributed by atoms with Gasteiger partial charge in [0.1, 0.15) is 0 Å². The molecule has 0 rings (SSSR count). The Morgan fingerprint density at radius 1 is 1.00 bits per heavy atom. The molecular formula is C13H29N. The molecule has 0 bridgehead atoms. The molecule has 0 aliphatic carbocycles. The highest BCUT2D eigenvalue weighted by Gasteiger charge is 2.07. The van der Waals surface area contributed by atoms with Gasteiger partial charge in [0.2, 0.25) is 0 Å². The van der Waals surface area contributed by atoms with E-state index in [1.807, 2.05) is 0 Å². The molecule has 86 valence electrons. The maximum atomic E-state index is 3.42. The molecule has 0 spiro atoms. The molecule has 0 aliphatic heterocycles. The zero-order valence-electron chi connectivity index (χ0n) is 10.6. The SMILES string of the molecule is CCCC(CC)CCC(C)CNCC. The predicted molar refractivity (Wildman–Crippen MR) is 65.6 cm³/mol. The quantitative estimate of drug-likeness (QED) is 0.595. The van der Waals surface area contributed by atoms with Crippen LogP contribution in [0.1, 0.15) is 59.8 Å². The first kappa shape index (κ1) is 14.0. The van der Waals surface area contributed by atoms with Crippen LogP contribution in [0.25, 0.3) is 0 Å². The topological polar surface area (TPSA) is 12.0 Å². The summed E-state index contributed by atoms with van der Waals surface area (Å²) in [5.41, 5.74) is 0. The van der Waals surface area contributed by atoms with Gasteiger partial charge in [-0.25, -0.2) is 0 Å². The van der Waals surface area contributed by atoms with Crippen molar-refractivity contribution < 1.29 is 0 Å². The molecule has 2 atom stereocenters. The lowest BCUT2D eigenvalue weighted by Crippen LogP contribution is -2.21. The average molecular weight is 199 g/mol. The first-order valence-electron chi connectivity index (χ1n) is 6.45. The van der Waals surface area contributed by atoms with Gasteiger partial charge in [0.05, 0.1) is 0 Å². The van der Waals surface area contributed by atoms with Gasteiger partial charge in [0.25, 0.3) is 0 Å². The number of nitrogens with one attached hydrogen (secondary N) is 1. The van der Waals surface area contributed by atoms with E-state index in [0.29, 0.717) is 0 Å². The fourth-order valence-electron chi connectivity index (χ4n) is 1.97. The monoisotopic (exact) mass is 199 g/mol. The first-order valence-corrected chi connectivity index (χ1v) is 6.45. The second-order valence-corrected chi connectivity index (χ2v) is 4.55. The molecule has 0 saturated heterocycles. The van der Waals surface area contributed by atoms with Crippen molar-refractivity contribution in [3.8, 4) is 0 Å². The van der Waals surface area contributed by atoms with Crippen LogP contribution >= 0.6 is 0 Å². The van der Waals surface area contributed by atoms with Crippen LogP contribution in [-0.4, -0.2) is 13.1 Å². The van der Waals surface area contributed by atoms with E-state index >= 15 is 0 Å². The van der Waals surface area contributed by atoms with E-state index in [1.54, 1.807) is 0 Å². The van der Waals surface area contributed by atoms with Gasteiger partial charge in [0.15, 0.2) is 0 Å². The molecule has 0 aromatic heterocycles. The van der Waals surface area contributed by atoms with E-state index < -0.39 is 0 Å². The number of rotatable bonds is 9. The molecule has 1 heteroatoms. The Balaban J connectivity index is 3.46. The van der Waals surface area contributed by atoms with Crippen molar-refractivity contribution in [2.75, 3.05) is 13.1 Å². The predicted octanol–water partition coefficient (Wildman–Crippen LogP) is 3.84. The molecular weight excluding hydrogens is 170 g/mol. The maximum absolute atomic E-state index is 3.42. The Morgan fingerprint density at radius 2 is 1.71 bits per heavy atom. The fourth-order valence-corrected chi connectivity index (χ4v) is 1.97. The average Bonchev–Trinajstić information content (AvgIpc) is 2.21. The largest absolute Gasteiger partial charge is 0.317 e. The summed E-state index contributed by atoms with van der Waals surface area (Å²) in [4.78, 5) is 0. The van der Waals surface area contributed by atoms with E-state index in [1.165, 1.54) is 38.6 Å². The molecule has 0 aromatic rings. The van der Waals surface area contributed by atoms with Gasteiger partial charge in [-0.2, -0.15) is 0 Å². The summed E-state index contributed by atoms with van der Waals surface area (Å²) in [7, 11) is 0. The normalized spacial score (nSPS) is 15.4. The van der Waals surface area contributed by atoms with Gasteiger partial charge < -0.3 is 5.32 Å². The molecule has 0 aromatic carbocycles. The number of hydrogen-bond donors (Lipinski definition) is 1. The second-order valence-electron chi connectivity index (χ2n) is 4.55. The van der Waals surface area contributed by atoms with E-state index in [2.05, 4.69) is 33.0 Å². The zero-order chi connectivity index (χ0) is 10.8. The highest BCUT2D eigenvalue weighted by molar-refractivity contribution is 4.62. The molecule has 0 saturated carbocycles. The van der Waals surface area contributed by atoms with Gasteiger partial charge in [-0.05, 0) is 31.3 Å². The molecule has 14 heavy (non-hydrogen) atoms. The third kappa shape index (κ3) is 7.37. The molecule has 0 amide bonds. The molecule has 0 fully saturated rings. The Kier molecular flexibility index (Phi) is 9.49. The van der Waals surface area contributed by atoms with Crippen LogP contribution in [0, 0.1) is 11.8 Å². The Morgan fingerprint density at radius 3 is 2.21 bits per heavy atom. The molecule has 1 nitrogen and oxygen atoms in total. The highest BCUT2D eigenvalue weighted by atomic mass is 14.8. The van der Waals surface area contributed by atoms with Gasteiger partial charge in [-0.1, -0.05) is 53.4 Å². The third-order valence-corrected chi connectivity index (χ3v) is 3.08. The molecule has 1 N–H and O–H groups in total. The minimum Gasteiger partial charge on any atom is -0.317 e.